The Labute approximate surface area is 110 Å². The zero-order valence-electron chi connectivity index (χ0n) is 9.72. The summed E-state index contributed by atoms with van der Waals surface area (Å²) in [5, 5.41) is 2.63. The maximum absolute atomic E-state index is 6.41. The minimum atomic E-state index is 0.160. The van der Waals surface area contributed by atoms with Crippen LogP contribution in [0.4, 0.5) is 0 Å². The number of rotatable bonds is 2. The second-order valence-corrected chi connectivity index (χ2v) is 6.69. The first-order chi connectivity index (χ1) is 8.25. The number of hydrogen-bond donors (Lipinski definition) is 1. The average molecular weight is 261 g/mol. The summed E-state index contributed by atoms with van der Waals surface area (Å²) in [6.07, 6.45) is 1.10. The van der Waals surface area contributed by atoms with Gasteiger partial charge in [0.05, 0.1) is 6.04 Å². The summed E-state index contributed by atoms with van der Waals surface area (Å²) in [7, 11) is 0. The number of benzene rings is 1. The van der Waals surface area contributed by atoms with Crippen LogP contribution in [0, 0.1) is 6.92 Å². The summed E-state index contributed by atoms with van der Waals surface area (Å²) in [5.41, 5.74) is 9.20. The molecule has 1 nitrogen and oxygen atoms in total. The highest BCUT2D eigenvalue weighted by Gasteiger charge is 2.29. The van der Waals surface area contributed by atoms with Crippen LogP contribution in [-0.4, -0.2) is 5.25 Å². The fourth-order valence-electron chi connectivity index (χ4n) is 2.30. The quantitative estimate of drug-likeness (QED) is 0.890. The van der Waals surface area contributed by atoms with Crippen molar-refractivity contribution in [1.29, 1.82) is 0 Å². The van der Waals surface area contributed by atoms with Gasteiger partial charge in [0, 0.05) is 15.0 Å². The van der Waals surface area contributed by atoms with Gasteiger partial charge in [0.25, 0.3) is 0 Å². The van der Waals surface area contributed by atoms with Crippen molar-refractivity contribution in [1.82, 2.24) is 0 Å². The molecule has 3 rings (SSSR count). The first kappa shape index (κ1) is 11.3. The normalized spacial score (nSPS) is 20.2. The Morgan fingerprint density at radius 1 is 1.29 bits per heavy atom. The molecule has 2 heterocycles. The molecule has 0 spiro atoms. The number of thiophene rings is 1. The molecule has 2 atom stereocenters. The Morgan fingerprint density at radius 2 is 2.12 bits per heavy atom. The van der Waals surface area contributed by atoms with Crippen LogP contribution < -0.4 is 5.73 Å². The van der Waals surface area contributed by atoms with E-state index in [2.05, 4.69) is 42.6 Å². The van der Waals surface area contributed by atoms with Crippen LogP contribution in [-0.2, 0) is 6.42 Å². The summed E-state index contributed by atoms with van der Waals surface area (Å²) < 4.78 is 0. The second-order valence-electron chi connectivity index (χ2n) is 4.46. The standard InChI is InChI=1S/C14H15NS2/c1-9-6-7-16-14(9)13(15)12-8-10-4-2-3-5-11(10)17-12/h2-7,12-13H,8,15H2,1H3. The van der Waals surface area contributed by atoms with Gasteiger partial charge in [0.1, 0.15) is 0 Å². The molecule has 1 aromatic heterocycles. The second kappa shape index (κ2) is 4.48. The molecule has 0 saturated heterocycles. The summed E-state index contributed by atoms with van der Waals surface area (Å²) in [5.74, 6) is 0. The SMILES string of the molecule is Cc1ccsc1C(N)C1Cc2ccccc2S1. The zero-order chi connectivity index (χ0) is 11.8. The van der Waals surface area contributed by atoms with Gasteiger partial charge in [-0.1, -0.05) is 18.2 Å². The molecule has 88 valence electrons. The molecule has 2 unspecified atom stereocenters. The third-order valence-electron chi connectivity index (χ3n) is 3.28. The Hall–Kier alpha value is -0.770. The summed E-state index contributed by atoms with van der Waals surface area (Å²) in [4.78, 5) is 2.75. The Kier molecular flexibility index (Phi) is 2.99. The molecule has 17 heavy (non-hydrogen) atoms. The van der Waals surface area contributed by atoms with Gasteiger partial charge in [-0.25, -0.2) is 0 Å². The highest BCUT2D eigenvalue weighted by atomic mass is 32.2. The van der Waals surface area contributed by atoms with Crippen LogP contribution in [0.25, 0.3) is 0 Å². The fourth-order valence-corrected chi connectivity index (χ4v) is 4.72. The number of aryl methyl sites for hydroxylation is 1. The van der Waals surface area contributed by atoms with Crippen LogP contribution in [0.5, 0.6) is 0 Å². The minimum absolute atomic E-state index is 0.160. The van der Waals surface area contributed by atoms with Crippen molar-refractivity contribution >= 4 is 23.1 Å². The largest absolute Gasteiger partial charge is 0.322 e. The smallest absolute Gasteiger partial charge is 0.0519 e. The molecule has 0 saturated carbocycles. The molecule has 1 aliphatic rings. The summed E-state index contributed by atoms with van der Waals surface area (Å²) in [6, 6.07) is 11.0. The van der Waals surface area contributed by atoms with E-state index in [1.807, 2.05) is 11.8 Å². The predicted octanol–water partition coefficient (Wildman–Crippen LogP) is 3.77. The van der Waals surface area contributed by atoms with Gasteiger partial charge >= 0.3 is 0 Å². The zero-order valence-corrected chi connectivity index (χ0v) is 11.4. The van der Waals surface area contributed by atoms with Gasteiger partial charge in [0.2, 0.25) is 0 Å². The summed E-state index contributed by atoms with van der Waals surface area (Å²) in [6.45, 7) is 2.15. The molecule has 2 aromatic rings. The van der Waals surface area contributed by atoms with Gasteiger partial charge in [-0.15, -0.1) is 23.1 Å². The van der Waals surface area contributed by atoms with Crippen molar-refractivity contribution in [3.63, 3.8) is 0 Å². The Bertz CT molecular complexity index is 508. The lowest BCUT2D eigenvalue weighted by Crippen LogP contribution is -2.22. The molecule has 1 aromatic carbocycles. The van der Waals surface area contributed by atoms with Crippen LogP contribution in [0.1, 0.15) is 22.0 Å². The van der Waals surface area contributed by atoms with Gasteiger partial charge in [0.15, 0.2) is 0 Å². The lowest BCUT2D eigenvalue weighted by molar-refractivity contribution is 0.686. The number of hydrogen-bond acceptors (Lipinski definition) is 3. The van der Waals surface area contributed by atoms with Crippen molar-refractivity contribution in [3.05, 3.63) is 51.7 Å². The molecule has 0 fully saturated rings. The van der Waals surface area contributed by atoms with Crippen molar-refractivity contribution in [2.75, 3.05) is 0 Å². The third-order valence-corrected chi connectivity index (χ3v) is 5.81. The number of fused-ring (bicyclic) bond motifs is 1. The Balaban J connectivity index is 1.83. The highest BCUT2D eigenvalue weighted by Crippen LogP contribution is 2.42. The molecule has 3 heteroatoms. The predicted molar refractivity (Wildman–Crippen MR) is 75.8 cm³/mol. The molecule has 0 aliphatic carbocycles. The van der Waals surface area contributed by atoms with Crippen LogP contribution in [0.2, 0.25) is 0 Å². The third kappa shape index (κ3) is 2.03. The summed E-state index contributed by atoms with van der Waals surface area (Å²) >= 11 is 3.72. The van der Waals surface area contributed by atoms with Gasteiger partial charge in [-0.05, 0) is 42.0 Å². The molecule has 2 N–H and O–H groups in total. The van der Waals surface area contributed by atoms with Crippen molar-refractivity contribution < 1.29 is 0 Å². The molecular formula is C14H15NS2. The molecular weight excluding hydrogens is 246 g/mol. The molecule has 0 amide bonds. The van der Waals surface area contributed by atoms with Gasteiger partial charge in [-0.3, -0.25) is 0 Å². The van der Waals surface area contributed by atoms with E-state index in [9.17, 15) is 0 Å². The topological polar surface area (TPSA) is 26.0 Å². The van der Waals surface area contributed by atoms with Crippen molar-refractivity contribution in [3.8, 4) is 0 Å². The van der Waals surface area contributed by atoms with E-state index in [-0.39, 0.29) is 6.04 Å². The average Bonchev–Trinajstić information content (AvgIpc) is 2.93. The van der Waals surface area contributed by atoms with E-state index in [4.69, 9.17) is 5.73 Å². The van der Waals surface area contributed by atoms with Crippen LogP contribution >= 0.6 is 23.1 Å². The van der Waals surface area contributed by atoms with E-state index < -0.39 is 0 Å². The van der Waals surface area contributed by atoms with Gasteiger partial charge in [-0.2, -0.15) is 0 Å². The molecule has 0 bridgehead atoms. The fraction of sp³-hybridized carbons (Fsp3) is 0.286. The molecule has 0 radical (unpaired) electrons. The minimum Gasteiger partial charge on any atom is -0.322 e. The van der Waals surface area contributed by atoms with Crippen LogP contribution in [0.3, 0.4) is 0 Å². The van der Waals surface area contributed by atoms with Crippen LogP contribution in [0.15, 0.2) is 40.6 Å². The number of nitrogens with two attached hydrogens (primary N) is 1. The van der Waals surface area contributed by atoms with Crippen molar-refractivity contribution in [2.24, 2.45) is 5.73 Å². The lowest BCUT2D eigenvalue weighted by Gasteiger charge is -2.17. The maximum Gasteiger partial charge on any atom is 0.0519 e. The first-order valence-electron chi connectivity index (χ1n) is 5.80. The van der Waals surface area contributed by atoms with E-state index in [0.717, 1.165) is 6.42 Å². The Morgan fingerprint density at radius 3 is 2.82 bits per heavy atom. The van der Waals surface area contributed by atoms with E-state index >= 15 is 0 Å². The van der Waals surface area contributed by atoms with Gasteiger partial charge < -0.3 is 5.73 Å². The number of thioether (sulfide) groups is 1. The van der Waals surface area contributed by atoms with E-state index in [1.165, 1.54) is 20.9 Å². The maximum atomic E-state index is 6.41. The highest BCUT2D eigenvalue weighted by molar-refractivity contribution is 8.00. The monoisotopic (exact) mass is 261 g/mol. The lowest BCUT2D eigenvalue weighted by atomic mass is 10.0. The first-order valence-corrected chi connectivity index (χ1v) is 7.56. The van der Waals surface area contributed by atoms with Crippen molar-refractivity contribution in [2.45, 2.75) is 29.5 Å². The van der Waals surface area contributed by atoms with E-state index in [0.29, 0.717) is 5.25 Å². The molecule has 1 aliphatic heterocycles. The van der Waals surface area contributed by atoms with E-state index in [1.54, 1.807) is 11.3 Å².